The third-order valence-electron chi connectivity index (χ3n) is 5.54. The Morgan fingerprint density at radius 1 is 0.917 bits per heavy atom. The molecule has 10 heteroatoms. The van der Waals surface area contributed by atoms with E-state index in [1.54, 1.807) is 67.3 Å². The van der Waals surface area contributed by atoms with E-state index in [1.165, 1.54) is 6.07 Å². The van der Waals surface area contributed by atoms with Crippen LogP contribution in [0.3, 0.4) is 0 Å². The molecule has 1 N–H and O–H groups in total. The fourth-order valence-corrected chi connectivity index (χ4v) is 3.99. The highest BCUT2D eigenvalue weighted by Crippen LogP contribution is 2.38. The Morgan fingerprint density at radius 3 is 2.44 bits per heavy atom. The minimum absolute atomic E-state index is 0.281. The van der Waals surface area contributed by atoms with Crippen LogP contribution in [-0.2, 0) is 6.18 Å². The fourth-order valence-electron chi connectivity index (χ4n) is 3.83. The standard InChI is InChI=1S/C26H19ClF3N3O3/c1-34-20-8-7-18(13-22(20)35-2)31-25-24(32-23-11-6-17(27)14-33(23)25)21-10-9-19(36-21)15-4-3-5-16(12-15)26(28,29)30/h3-14,31H,1-2H3. The molecule has 0 radical (unpaired) electrons. The molecule has 0 fully saturated rings. The summed E-state index contributed by atoms with van der Waals surface area (Å²) in [6.45, 7) is 0. The van der Waals surface area contributed by atoms with Crippen molar-refractivity contribution in [1.82, 2.24) is 9.38 Å². The molecule has 36 heavy (non-hydrogen) atoms. The summed E-state index contributed by atoms with van der Waals surface area (Å²) in [5, 5.41) is 3.81. The molecule has 0 aliphatic heterocycles. The van der Waals surface area contributed by atoms with E-state index in [0.717, 1.165) is 12.1 Å². The van der Waals surface area contributed by atoms with Crippen molar-refractivity contribution in [3.63, 3.8) is 0 Å². The van der Waals surface area contributed by atoms with Crippen molar-refractivity contribution in [2.24, 2.45) is 0 Å². The SMILES string of the molecule is COc1ccc(Nc2c(-c3ccc(-c4cccc(C(F)(F)F)c4)o3)nc3ccc(Cl)cn23)cc1OC. The van der Waals surface area contributed by atoms with Crippen LogP contribution in [0.15, 0.2) is 77.3 Å². The third-order valence-corrected chi connectivity index (χ3v) is 5.77. The molecule has 0 amide bonds. The largest absolute Gasteiger partial charge is 0.493 e. The van der Waals surface area contributed by atoms with Gasteiger partial charge >= 0.3 is 6.18 Å². The predicted molar refractivity (Wildman–Crippen MR) is 131 cm³/mol. The molecule has 0 aliphatic carbocycles. The van der Waals surface area contributed by atoms with Crippen molar-refractivity contribution in [3.8, 4) is 34.3 Å². The molecule has 0 spiro atoms. The second-order valence-corrected chi connectivity index (χ2v) is 8.26. The highest BCUT2D eigenvalue weighted by atomic mass is 35.5. The number of anilines is 2. The van der Waals surface area contributed by atoms with Crippen LogP contribution in [0.2, 0.25) is 5.02 Å². The molecule has 0 atom stereocenters. The predicted octanol–water partition coefficient (Wildman–Crippen LogP) is 7.69. The lowest BCUT2D eigenvalue weighted by molar-refractivity contribution is -0.137. The Kier molecular flexibility index (Phi) is 6.01. The van der Waals surface area contributed by atoms with Gasteiger partial charge in [-0.05, 0) is 48.5 Å². The Labute approximate surface area is 208 Å². The number of nitrogens with one attached hydrogen (secondary N) is 1. The Balaban J connectivity index is 1.59. The van der Waals surface area contributed by atoms with Gasteiger partial charge in [0.15, 0.2) is 17.3 Å². The molecule has 0 saturated carbocycles. The van der Waals surface area contributed by atoms with Crippen molar-refractivity contribution < 1.29 is 27.1 Å². The topological polar surface area (TPSA) is 60.9 Å². The van der Waals surface area contributed by atoms with Crippen molar-refractivity contribution >= 4 is 28.8 Å². The van der Waals surface area contributed by atoms with Gasteiger partial charge in [-0.1, -0.05) is 23.7 Å². The second kappa shape index (κ2) is 9.16. The first kappa shape index (κ1) is 23.6. The van der Waals surface area contributed by atoms with Crippen molar-refractivity contribution in [2.45, 2.75) is 6.18 Å². The molecule has 0 unspecified atom stereocenters. The summed E-state index contributed by atoms with van der Waals surface area (Å²) < 4.78 is 58.0. The smallest absolute Gasteiger partial charge is 0.416 e. The van der Waals surface area contributed by atoms with E-state index in [9.17, 15) is 13.2 Å². The van der Waals surface area contributed by atoms with Crippen LogP contribution in [0.4, 0.5) is 24.7 Å². The maximum atomic E-state index is 13.2. The molecule has 0 saturated heterocycles. The van der Waals surface area contributed by atoms with Crippen molar-refractivity contribution in [3.05, 3.63) is 83.5 Å². The Hall–Kier alpha value is -4.11. The summed E-state index contributed by atoms with van der Waals surface area (Å²) in [5.74, 6) is 2.29. The van der Waals surface area contributed by atoms with Gasteiger partial charge in [-0.2, -0.15) is 13.2 Å². The van der Waals surface area contributed by atoms with E-state index in [2.05, 4.69) is 10.3 Å². The quantitative estimate of drug-likeness (QED) is 0.252. The van der Waals surface area contributed by atoms with Gasteiger partial charge in [0.1, 0.15) is 22.9 Å². The number of aromatic nitrogens is 2. The number of rotatable bonds is 6. The maximum Gasteiger partial charge on any atom is 0.416 e. The average Bonchev–Trinajstić information content (AvgIpc) is 3.49. The summed E-state index contributed by atoms with van der Waals surface area (Å²) in [6.07, 6.45) is -2.75. The van der Waals surface area contributed by atoms with Crippen LogP contribution in [0.5, 0.6) is 11.5 Å². The van der Waals surface area contributed by atoms with E-state index < -0.39 is 11.7 Å². The summed E-state index contributed by atoms with van der Waals surface area (Å²) in [7, 11) is 3.09. The first-order valence-electron chi connectivity index (χ1n) is 10.7. The number of hydrogen-bond acceptors (Lipinski definition) is 5. The van der Waals surface area contributed by atoms with Gasteiger partial charge in [-0.3, -0.25) is 4.40 Å². The van der Waals surface area contributed by atoms with Crippen molar-refractivity contribution in [2.75, 3.05) is 19.5 Å². The number of ether oxygens (including phenoxy) is 2. The van der Waals surface area contributed by atoms with E-state index >= 15 is 0 Å². The summed E-state index contributed by atoms with van der Waals surface area (Å²) >= 11 is 6.24. The number of hydrogen-bond donors (Lipinski definition) is 1. The molecule has 3 heterocycles. The van der Waals surface area contributed by atoms with Gasteiger partial charge < -0.3 is 19.2 Å². The molecule has 6 nitrogen and oxygen atoms in total. The lowest BCUT2D eigenvalue weighted by Crippen LogP contribution is -2.04. The van der Waals surface area contributed by atoms with Crippen LogP contribution in [-0.4, -0.2) is 23.6 Å². The van der Waals surface area contributed by atoms with E-state index in [-0.39, 0.29) is 5.76 Å². The van der Waals surface area contributed by atoms with Crippen LogP contribution in [0.1, 0.15) is 5.56 Å². The van der Waals surface area contributed by atoms with Gasteiger partial charge in [-0.25, -0.2) is 4.98 Å². The first-order valence-corrected chi connectivity index (χ1v) is 11.1. The average molecular weight is 514 g/mol. The molecule has 2 aromatic carbocycles. The van der Waals surface area contributed by atoms with Gasteiger partial charge in [0, 0.05) is 23.5 Å². The summed E-state index contributed by atoms with van der Waals surface area (Å²) in [4.78, 5) is 4.67. The number of halogens is 4. The number of furan rings is 1. The summed E-state index contributed by atoms with van der Waals surface area (Å²) in [5.41, 5.74) is 1.27. The van der Waals surface area contributed by atoms with Crippen LogP contribution in [0.25, 0.3) is 28.4 Å². The molecule has 0 aliphatic rings. The zero-order chi connectivity index (χ0) is 25.4. The number of methoxy groups -OCH3 is 2. The van der Waals surface area contributed by atoms with Crippen molar-refractivity contribution in [1.29, 1.82) is 0 Å². The Bertz CT molecular complexity index is 1560. The van der Waals surface area contributed by atoms with E-state index in [4.69, 9.17) is 25.5 Å². The molecular formula is C26H19ClF3N3O3. The number of benzene rings is 2. The third kappa shape index (κ3) is 4.45. The van der Waals surface area contributed by atoms with E-state index in [1.807, 2.05) is 6.07 Å². The number of nitrogens with zero attached hydrogens (tertiary/aromatic N) is 2. The van der Waals surface area contributed by atoms with Gasteiger partial charge in [0.2, 0.25) is 0 Å². The lowest BCUT2D eigenvalue weighted by atomic mass is 10.1. The summed E-state index contributed by atoms with van der Waals surface area (Å²) in [6, 6.07) is 17.1. The number of alkyl halides is 3. The zero-order valence-electron chi connectivity index (χ0n) is 19.1. The molecule has 3 aromatic heterocycles. The highest BCUT2D eigenvalue weighted by Gasteiger charge is 2.30. The highest BCUT2D eigenvalue weighted by molar-refractivity contribution is 6.30. The number of fused-ring (bicyclic) bond motifs is 1. The van der Waals surface area contributed by atoms with Crippen LogP contribution >= 0.6 is 11.6 Å². The van der Waals surface area contributed by atoms with Gasteiger partial charge in [-0.15, -0.1) is 0 Å². The monoisotopic (exact) mass is 513 g/mol. The minimum Gasteiger partial charge on any atom is -0.493 e. The number of imidazole rings is 1. The normalized spacial score (nSPS) is 11.6. The first-order chi connectivity index (χ1) is 17.3. The van der Waals surface area contributed by atoms with Crippen LogP contribution < -0.4 is 14.8 Å². The van der Waals surface area contributed by atoms with Gasteiger partial charge in [0.05, 0.1) is 24.8 Å². The van der Waals surface area contributed by atoms with Crippen LogP contribution in [0, 0.1) is 0 Å². The second-order valence-electron chi connectivity index (χ2n) is 7.82. The number of pyridine rings is 1. The molecule has 184 valence electrons. The van der Waals surface area contributed by atoms with E-state index in [0.29, 0.717) is 50.7 Å². The Morgan fingerprint density at radius 2 is 1.69 bits per heavy atom. The molecule has 5 aromatic rings. The maximum absolute atomic E-state index is 13.2. The fraction of sp³-hybridized carbons (Fsp3) is 0.115. The minimum atomic E-state index is -4.46. The molecular weight excluding hydrogens is 495 g/mol. The van der Waals surface area contributed by atoms with Gasteiger partial charge in [0.25, 0.3) is 0 Å². The lowest BCUT2D eigenvalue weighted by Gasteiger charge is -2.12. The molecule has 5 rings (SSSR count). The zero-order valence-corrected chi connectivity index (χ0v) is 19.8. The molecule has 0 bridgehead atoms.